The van der Waals surface area contributed by atoms with Crippen molar-refractivity contribution in [2.45, 2.75) is 13.5 Å². The number of guanidine groups is 1. The molecule has 1 heterocycles. The van der Waals surface area contributed by atoms with E-state index in [4.69, 9.17) is 5.73 Å². The van der Waals surface area contributed by atoms with Crippen LogP contribution in [0.3, 0.4) is 0 Å². The number of hydrogen-bond donors (Lipinski definition) is 2. The first kappa shape index (κ1) is 11.2. The van der Waals surface area contributed by atoms with Gasteiger partial charge in [-0.15, -0.1) is 6.58 Å². The molecule has 1 aromatic rings. The average molecular weight is 204 g/mol. The minimum absolute atomic E-state index is 0.426. The molecule has 0 aliphatic heterocycles. The Morgan fingerprint density at radius 3 is 3.07 bits per heavy atom. The summed E-state index contributed by atoms with van der Waals surface area (Å²) < 4.78 is 0. The molecule has 0 fully saturated rings. The predicted molar refractivity (Wildman–Crippen MR) is 62.5 cm³/mol. The lowest BCUT2D eigenvalue weighted by molar-refractivity contribution is 0.962. The molecule has 0 spiro atoms. The Hall–Kier alpha value is -1.84. The molecule has 0 atom stereocenters. The van der Waals surface area contributed by atoms with Crippen LogP contribution in [0.1, 0.15) is 11.3 Å². The molecule has 0 radical (unpaired) electrons. The predicted octanol–water partition coefficient (Wildman–Crippen LogP) is 0.980. The quantitative estimate of drug-likeness (QED) is 0.436. The normalized spacial score (nSPS) is 11.1. The smallest absolute Gasteiger partial charge is 0.189 e. The van der Waals surface area contributed by atoms with E-state index in [2.05, 4.69) is 21.9 Å². The minimum Gasteiger partial charge on any atom is -0.370 e. The number of aliphatic imine (C=N–C) groups is 1. The number of aromatic nitrogens is 1. The molecule has 4 heteroatoms. The maximum atomic E-state index is 5.61. The lowest BCUT2D eigenvalue weighted by Crippen LogP contribution is -2.31. The van der Waals surface area contributed by atoms with Crippen molar-refractivity contribution in [3.63, 3.8) is 0 Å². The molecule has 4 nitrogen and oxygen atoms in total. The summed E-state index contributed by atoms with van der Waals surface area (Å²) in [5.74, 6) is 0.426. The number of rotatable bonds is 4. The lowest BCUT2D eigenvalue weighted by Gasteiger charge is -2.02. The largest absolute Gasteiger partial charge is 0.370 e. The van der Waals surface area contributed by atoms with Crippen LogP contribution < -0.4 is 11.1 Å². The Bertz CT molecular complexity index is 340. The van der Waals surface area contributed by atoms with E-state index in [-0.39, 0.29) is 0 Å². The van der Waals surface area contributed by atoms with E-state index < -0.39 is 0 Å². The van der Waals surface area contributed by atoms with Crippen molar-refractivity contribution in [3.8, 4) is 0 Å². The maximum Gasteiger partial charge on any atom is 0.189 e. The van der Waals surface area contributed by atoms with Crippen LogP contribution >= 0.6 is 0 Å². The van der Waals surface area contributed by atoms with E-state index in [1.54, 1.807) is 12.3 Å². The molecule has 15 heavy (non-hydrogen) atoms. The molecular formula is C11H16N4. The zero-order chi connectivity index (χ0) is 11.1. The van der Waals surface area contributed by atoms with Gasteiger partial charge in [-0.25, -0.2) is 4.99 Å². The van der Waals surface area contributed by atoms with E-state index in [1.807, 2.05) is 19.1 Å². The van der Waals surface area contributed by atoms with Crippen LogP contribution in [0, 0.1) is 6.92 Å². The van der Waals surface area contributed by atoms with Gasteiger partial charge in [-0.1, -0.05) is 12.1 Å². The summed E-state index contributed by atoms with van der Waals surface area (Å²) in [4.78, 5) is 8.33. The molecule has 0 aliphatic carbocycles. The summed E-state index contributed by atoms with van der Waals surface area (Å²) in [5.41, 5.74) is 7.65. The van der Waals surface area contributed by atoms with Crippen molar-refractivity contribution in [1.29, 1.82) is 0 Å². The SMILES string of the molecule is C=CCNC(N)=NCc1ccc(C)nc1. The minimum atomic E-state index is 0.426. The third-order valence-electron chi connectivity index (χ3n) is 1.83. The fraction of sp³-hybridized carbons (Fsp3) is 0.273. The Kier molecular flexibility index (Phi) is 4.34. The molecule has 0 saturated heterocycles. The Morgan fingerprint density at radius 2 is 2.47 bits per heavy atom. The second kappa shape index (κ2) is 5.80. The van der Waals surface area contributed by atoms with E-state index in [0.29, 0.717) is 19.0 Å². The molecular weight excluding hydrogens is 188 g/mol. The molecule has 0 aliphatic rings. The van der Waals surface area contributed by atoms with E-state index in [9.17, 15) is 0 Å². The number of nitrogens with one attached hydrogen (secondary N) is 1. The van der Waals surface area contributed by atoms with Gasteiger partial charge in [0.05, 0.1) is 6.54 Å². The molecule has 0 amide bonds. The zero-order valence-corrected chi connectivity index (χ0v) is 8.90. The molecule has 1 rings (SSSR count). The third kappa shape index (κ3) is 4.26. The van der Waals surface area contributed by atoms with Gasteiger partial charge < -0.3 is 11.1 Å². The van der Waals surface area contributed by atoms with E-state index >= 15 is 0 Å². The van der Waals surface area contributed by atoms with Crippen LogP contribution in [0.2, 0.25) is 0 Å². The van der Waals surface area contributed by atoms with Gasteiger partial charge in [-0.3, -0.25) is 4.98 Å². The molecule has 0 saturated carbocycles. The van der Waals surface area contributed by atoms with Gasteiger partial charge in [0.1, 0.15) is 0 Å². The van der Waals surface area contributed by atoms with Crippen molar-refractivity contribution in [3.05, 3.63) is 42.2 Å². The summed E-state index contributed by atoms with van der Waals surface area (Å²) in [7, 11) is 0. The zero-order valence-electron chi connectivity index (χ0n) is 8.90. The van der Waals surface area contributed by atoms with Crippen molar-refractivity contribution in [1.82, 2.24) is 10.3 Å². The first-order chi connectivity index (χ1) is 7.22. The van der Waals surface area contributed by atoms with Crippen LogP contribution in [0.15, 0.2) is 36.0 Å². The lowest BCUT2D eigenvalue weighted by atomic mass is 10.2. The number of nitrogens with two attached hydrogens (primary N) is 1. The Balaban J connectivity index is 2.48. The summed E-state index contributed by atoms with van der Waals surface area (Å²) in [6.45, 7) is 6.70. The molecule has 0 bridgehead atoms. The second-order valence-electron chi connectivity index (χ2n) is 3.18. The number of hydrogen-bond acceptors (Lipinski definition) is 2. The summed E-state index contributed by atoms with van der Waals surface area (Å²) in [5, 5.41) is 2.90. The van der Waals surface area contributed by atoms with Crippen LogP contribution in [0.4, 0.5) is 0 Å². The van der Waals surface area contributed by atoms with E-state index in [1.165, 1.54) is 0 Å². The first-order valence-corrected chi connectivity index (χ1v) is 4.78. The fourth-order valence-electron chi connectivity index (χ4n) is 1.00. The van der Waals surface area contributed by atoms with Gasteiger partial charge in [-0.05, 0) is 18.6 Å². The van der Waals surface area contributed by atoms with Gasteiger partial charge in [0.25, 0.3) is 0 Å². The highest BCUT2D eigenvalue weighted by atomic mass is 15.1. The van der Waals surface area contributed by atoms with Gasteiger partial charge in [0.15, 0.2) is 5.96 Å². The summed E-state index contributed by atoms with van der Waals surface area (Å²) in [6, 6.07) is 3.95. The van der Waals surface area contributed by atoms with Crippen LogP contribution in [-0.2, 0) is 6.54 Å². The van der Waals surface area contributed by atoms with Crippen LogP contribution in [-0.4, -0.2) is 17.5 Å². The standard InChI is InChI=1S/C11H16N4/c1-3-6-13-11(12)15-8-10-5-4-9(2)14-7-10/h3-5,7H,1,6,8H2,2H3,(H3,12,13,15). The maximum absolute atomic E-state index is 5.61. The fourth-order valence-corrected chi connectivity index (χ4v) is 1.00. The Labute approximate surface area is 89.9 Å². The highest BCUT2D eigenvalue weighted by Gasteiger charge is 1.92. The second-order valence-corrected chi connectivity index (χ2v) is 3.18. The highest BCUT2D eigenvalue weighted by Crippen LogP contribution is 2.00. The number of aryl methyl sites for hydroxylation is 1. The van der Waals surface area contributed by atoms with Gasteiger partial charge >= 0.3 is 0 Å². The first-order valence-electron chi connectivity index (χ1n) is 4.78. The molecule has 0 unspecified atom stereocenters. The summed E-state index contributed by atoms with van der Waals surface area (Å²) in [6.07, 6.45) is 3.54. The van der Waals surface area contributed by atoms with Crippen molar-refractivity contribution in [2.24, 2.45) is 10.7 Å². The van der Waals surface area contributed by atoms with Crippen LogP contribution in [0.5, 0.6) is 0 Å². The molecule has 0 aromatic carbocycles. The highest BCUT2D eigenvalue weighted by molar-refractivity contribution is 5.77. The molecule has 1 aromatic heterocycles. The van der Waals surface area contributed by atoms with Crippen LogP contribution in [0.25, 0.3) is 0 Å². The van der Waals surface area contributed by atoms with Crippen molar-refractivity contribution in [2.75, 3.05) is 6.54 Å². The van der Waals surface area contributed by atoms with Gasteiger partial charge in [0, 0.05) is 18.4 Å². The topological polar surface area (TPSA) is 63.3 Å². The van der Waals surface area contributed by atoms with Gasteiger partial charge in [-0.2, -0.15) is 0 Å². The Morgan fingerprint density at radius 1 is 1.67 bits per heavy atom. The van der Waals surface area contributed by atoms with E-state index in [0.717, 1.165) is 11.3 Å². The molecule has 80 valence electrons. The average Bonchev–Trinajstić information content (AvgIpc) is 2.25. The molecule has 3 N–H and O–H groups in total. The number of nitrogens with zero attached hydrogens (tertiary/aromatic N) is 2. The van der Waals surface area contributed by atoms with Crippen molar-refractivity contribution < 1.29 is 0 Å². The number of pyridine rings is 1. The van der Waals surface area contributed by atoms with Gasteiger partial charge in [0.2, 0.25) is 0 Å². The monoisotopic (exact) mass is 204 g/mol. The van der Waals surface area contributed by atoms with Crippen molar-refractivity contribution >= 4 is 5.96 Å². The summed E-state index contributed by atoms with van der Waals surface area (Å²) >= 11 is 0. The third-order valence-corrected chi connectivity index (χ3v) is 1.83.